The third-order valence-electron chi connectivity index (χ3n) is 3.92. The van der Waals surface area contributed by atoms with Crippen LogP contribution < -0.4 is 0 Å². The van der Waals surface area contributed by atoms with Crippen molar-refractivity contribution in [2.24, 2.45) is 11.8 Å². The Morgan fingerprint density at radius 3 is 2.61 bits per heavy atom. The molecule has 1 rings (SSSR count). The zero-order chi connectivity index (χ0) is 13.4. The maximum absolute atomic E-state index is 9.90. The van der Waals surface area contributed by atoms with Crippen molar-refractivity contribution < 1.29 is 15.3 Å². The molecule has 1 aliphatic carbocycles. The second kappa shape index (κ2) is 8.68. The van der Waals surface area contributed by atoms with E-state index in [2.05, 4.69) is 19.1 Å². The van der Waals surface area contributed by atoms with Crippen molar-refractivity contribution in [2.75, 3.05) is 0 Å². The molecule has 0 bridgehead atoms. The van der Waals surface area contributed by atoms with E-state index in [0.717, 1.165) is 19.3 Å². The maximum atomic E-state index is 9.90. The van der Waals surface area contributed by atoms with E-state index in [1.165, 1.54) is 25.7 Å². The van der Waals surface area contributed by atoms with Crippen LogP contribution in [0.1, 0.15) is 58.3 Å². The van der Waals surface area contributed by atoms with E-state index >= 15 is 0 Å². The minimum absolute atomic E-state index is 0.109. The first-order valence-corrected chi connectivity index (χ1v) is 7.36. The van der Waals surface area contributed by atoms with Gasteiger partial charge in [-0.3, -0.25) is 0 Å². The number of hydrogen-bond donors (Lipinski definition) is 3. The van der Waals surface area contributed by atoms with Crippen LogP contribution in [0.2, 0.25) is 0 Å². The molecule has 3 N–H and O–H groups in total. The minimum Gasteiger partial charge on any atom is -0.393 e. The lowest BCUT2D eigenvalue weighted by Gasteiger charge is -2.19. The summed E-state index contributed by atoms with van der Waals surface area (Å²) in [6.45, 7) is 2.20. The first-order chi connectivity index (χ1) is 8.65. The van der Waals surface area contributed by atoms with Crippen LogP contribution in [0.5, 0.6) is 0 Å². The average Bonchev–Trinajstić information content (AvgIpc) is 2.65. The van der Waals surface area contributed by atoms with Gasteiger partial charge in [0.25, 0.3) is 0 Å². The van der Waals surface area contributed by atoms with E-state index in [1.54, 1.807) is 0 Å². The van der Waals surface area contributed by atoms with Gasteiger partial charge in [-0.1, -0.05) is 38.3 Å². The van der Waals surface area contributed by atoms with Crippen LogP contribution in [-0.4, -0.2) is 27.7 Å². The van der Waals surface area contributed by atoms with Gasteiger partial charge >= 0.3 is 0 Å². The standard InChI is InChI=1S/C15H28O3/c1-2-3-4-5-6-7-8-13-12(11-15(17)18)9-10-14(13)16/h7-8,12-18H,2-6,9-11H2,1H3/b8-7+/t12-,13?,14-/m1/s1. The zero-order valence-electron chi connectivity index (χ0n) is 11.5. The molecule has 0 aliphatic heterocycles. The van der Waals surface area contributed by atoms with Gasteiger partial charge in [0.05, 0.1) is 6.10 Å². The summed E-state index contributed by atoms with van der Waals surface area (Å²) in [4.78, 5) is 0. The lowest BCUT2D eigenvalue weighted by Crippen LogP contribution is -2.20. The summed E-state index contributed by atoms with van der Waals surface area (Å²) in [5.74, 6) is 0.324. The molecular weight excluding hydrogens is 228 g/mol. The number of aliphatic hydroxyl groups excluding tert-OH is 2. The molecule has 3 nitrogen and oxygen atoms in total. The number of rotatable bonds is 8. The quantitative estimate of drug-likeness (QED) is 0.355. The van der Waals surface area contributed by atoms with Crippen LogP contribution in [0, 0.1) is 11.8 Å². The third-order valence-corrected chi connectivity index (χ3v) is 3.92. The molecule has 3 atom stereocenters. The smallest absolute Gasteiger partial charge is 0.151 e. The van der Waals surface area contributed by atoms with Gasteiger partial charge in [-0.2, -0.15) is 0 Å². The number of allylic oxidation sites excluding steroid dienone is 1. The second-order valence-corrected chi connectivity index (χ2v) is 5.48. The fraction of sp³-hybridized carbons (Fsp3) is 0.867. The molecule has 106 valence electrons. The van der Waals surface area contributed by atoms with Gasteiger partial charge in [-0.25, -0.2) is 0 Å². The molecule has 0 aromatic carbocycles. The molecule has 0 heterocycles. The monoisotopic (exact) mass is 256 g/mol. The van der Waals surface area contributed by atoms with E-state index in [0.29, 0.717) is 6.42 Å². The lowest BCUT2D eigenvalue weighted by atomic mass is 9.91. The van der Waals surface area contributed by atoms with E-state index in [9.17, 15) is 5.11 Å². The summed E-state index contributed by atoms with van der Waals surface area (Å²) in [7, 11) is 0. The number of unbranched alkanes of at least 4 members (excludes halogenated alkanes) is 4. The van der Waals surface area contributed by atoms with Crippen LogP contribution in [0.4, 0.5) is 0 Å². The van der Waals surface area contributed by atoms with Gasteiger partial charge in [0, 0.05) is 12.3 Å². The van der Waals surface area contributed by atoms with E-state index in [1.807, 2.05) is 0 Å². The Morgan fingerprint density at radius 1 is 1.17 bits per heavy atom. The summed E-state index contributed by atoms with van der Waals surface area (Å²) < 4.78 is 0. The molecular formula is C15H28O3. The SMILES string of the molecule is CCCCCC/C=C/C1[C@@H](CC(O)O)CC[C@H]1O. The molecule has 0 aromatic heterocycles. The molecule has 1 fully saturated rings. The van der Waals surface area contributed by atoms with Gasteiger partial charge in [0.15, 0.2) is 6.29 Å². The highest BCUT2D eigenvalue weighted by molar-refractivity contribution is 4.99. The molecule has 0 saturated heterocycles. The highest BCUT2D eigenvalue weighted by atomic mass is 16.5. The summed E-state index contributed by atoms with van der Waals surface area (Å²) in [5.41, 5.74) is 0. The van der Waals surface area contributed by atoms with Crippen LogP contribution >= 0.6 is 0 Å². The number of aliphatic hydroxyl groups is 3. The molecule has 1 saturated carbocycles. The molecule has 3 heteroatoms. The fourth-order valence-electron chi connectivity index (χ4n) is 2.86. The number of hydrogen-bond acceptors (Lipinski definition) is 3. The van der Waals surface area contributed by atoms with Gasteiger partial charge < -0.3 is 15.3 Å². The minimum atomic E-state index is -1.25. The topological polar surface area (TPSA) is 60.7 Å². The molecule has 18 heavy (non-hydrogen) atoms. The Labute approximate surface area is 111 Å². The van der Waals surface area contributed by atoms with Crippen LogP contribution in [0.15, 0.2) is 12.2 Å². The van der Waals surface area contributed by atoms with Crippen molar-refractivity contribution >= 4 is 0 Å². The zero-order valence-corrected chi connectivity index (χ0v) is 11.5. The Morgan fingerprint density at radius 2 is 1.94 bits per heavy atom. The molecule has 1 aliphatic rings. The van der Waals surface area contributed by atoms with Crippen molar-refractivity contribution in [1.82, 2.24) is 0 Å². The highest BCUT2D eigenvalue weighted by Gasteiger charge is 2.33. The maximum Gasteiger partial charge on any atom is 0.151 e. The van der Waals surface area contributed by atoms with Crippen molar-refractivity contribution in [3.63, 3.8) is 0 Å². The second-order valence-electron chi connectivity index (χ2n) is 5.48. The molecule has 0 radical (unpaired) electrons. The highest BCUT2D eigenvalue weighted by Crippen LogP contribution is 2.36. The summed E-state index contributed by atoms with van der Waals surface area (Å²) in [6.07, 6.45) is 10.8. The van der Waals surface area contributed by atoms with Gasteiger partial charge in [0.1, 0.15) is 0 Å². The normalized spacial score (nSPS) is 28.6. The third kappa shape index (κ3) is 5.51. The largest absolute Gasteiger partial charge is 0.393 e. The van der Waals surface area contributed by atoms with Crippen LogP contribution in [0.25, 0.3) is 0 Å². The van der Waals surface area contributed by atoms with Gasteiger partial charge in [0.2, 0.25) is 0 Å². The predicted octanol–water partition coefficient (Wildman–Crippen LogP) is 2.60. The molecule has 0 aromatic rings. The van der Waals surface area contributed by atoms with Crippen molar-refractivity contribution in [3.05, 3.63) is 12.2 Å². The Balaban J connectivity index is 2.30. The first-order valence-electron chi connectivity index (χ1n) is 7.36. The Kier molecular flexibility index (Phi) is 7.56. The van der Waals surface area contributed by atoms with Crippen LogP contribution in [0.3, 0.4) is 0 Å². The molecule has 0 spiro atoms. The van der Waals surface area contributed by atoms with Crippen molar-refractivity contribution in [3.8, 4) is 0 Å². The summed E-state index contributed by atoms with van der Waals surface area (Å²) >= 11 is 0. The molecule has 1 unspecified atom stereocenters. The summed E-state index contributed by atoms with van der Waals surface area (Å²) in [6, 6.07) is 0. The predicted molar refractivity (Wildman–Crippen MR) is 73.0 cm³/mol. The first kappa shape index (κ1) is 15.7. The van der Waals surface area contributed by atoms with Gasteiger partial charge in [-0.15, -0.1) is 0 Å². The van der Waals surface area contributed by atoms with Crippen molar-refractivity contribution in [2.45, 2.75) is 70.7 Å². The van der Waals surface area contributed by atoms with Crippen molar-refractivity contribution in [1.29, 1.82) is 0 Å². The summed E-state index contributed by atoms with van der Waals surface area (Å²) in [5, 5.41) is 28.0. The van der Waals surface area contributed by atoms with E-state index in [-0.39, 0.29) is 17.9 Å². The van der Waals surface area contributed by atoms with E-state index < -0.39 is 6.29 Å². The Bertz CT molecular complexity index is 238. The fourth-order valence-corrected chi connectivity index (χ4v) is 2.86. The lowest BCUT2D eigenvalue weighted by molar-refractivity contribution is -0.0592. The average molecular weight is 256 g/mol. The van der Waals surface area contributed by atoms with E-state index in [4.69, 9.17) is 10.2 Å². The Hall–Kier alpha value is -0.380. The molecule has 0 amide bonds. The van der Waals surface area contributed by atoms with Gasteiger partial charge in [-0.05, 0) is 31.6 Å². The van der Waals surface area contributed by atoms with Crippen LogP contribution in [-0.2, 0) is 0 Å².